The van der Waals surface area contributed by atoms with E-state index in [1.165, 1.54) is 35.6 Å². The molecule has 0 aliphatic rings. The fourth-order valence-electron chi connectivity index (χ4n) is 3.50. The molecule has 0 amide bonds. The number of aromatic nitrogens is 4. The average Bonchev–Trinajstić information content (AvgIpc) is 3.57. The van der Waals surface area contributed by atoms with E-state index in [1.807, 2.05) is 17.5 Å². The number of hydrogen-bond donors (Lipinski definition) is 3. The summed E-state index contributed by atoms with van der Waals surface area (Å²) in [5.41, 5.74) is 7.60. The molecule has 0 radical (unpaired) electrons. The molecule has 5 aromatic rings. The Morgan fingerprint density at radius 2 is 1.54 bits per heavy atom. The lowest BCUT2D eigenvalue weighted by Gasteiger charge is -2.02. The van der Waals surface area contributed by atoms with Crippen molar-refractivity contribution in [2.24, 2.45) is 5.10 Å². The zero-order valence-electron chi connectivity index (χ0n) is 19.0. The van der Waals surface area contributed by atoms with Crippen LogP contribution < -0.4 is 5.43 Å². The van der Waals surface area contributed by atoms with Crippen LogP contribution in [-0.4, -0.2) is 48.1 Å². The molecule has 5 rings (SSSR count). The highest BCUT2D eigenvalue weighted by atomic mass is 32.1. The summed E-state index contributed by atoms with van der Waals surface area (Å²) in [6, 6.07) is 16.4. The third-order valence-corrected chi connectivity index (χ3v) is 6.12. The number of aromatic carboxylic acids is 2. The van der Waals surface area contributed by atoms with Crippen molar-refractivity contribution in [3.63, 3.8) is 0 Å². The summed E-state index contributed by atoms with van der Waals surface area (Å²) in [4.78, 5) is 31.0. The van der Waals surface area contributed by atoms with Gasteiger partial charge in [-0.15, -0.1) is 11.3 Å². The normalized spacial score (nSPS) is 11.0. The molecule has 0 aliphatic carbocycles. The van der Waals surface area contributed by atoms with Gasteiger partial charge in [0.25, 0.3) is 0 Å². The number of benzene rings is 2. The zero-order valence-corrected chi connectivity index (χ0v) is 19.8. The zero-order chi connectivity index (χ0) is 25.8. The Hall–Kier alpha value is -5.16. The number of hydrogen-bond acceptors (Lipinski definition) is 8. The Kier molecular flexibility index (Phi) is 6.51. The summed E-state index contributed by atoms with van der Waals surface area (Å²) in [6.07, 6.45) is 6.77. The van der Waals surface area contributed by atoms with Crippen LogP contribution in [0.2, 0.25) is 0 Å². The fraction of sp³-hybridized carbons (Fsp3) is 0. The van der Waals surface area contributed by atoms with E-state index >= 15 is 0 Å². The van der Waals surface area contributed by atoms with E-state index in [1.54, 1.807) is 53.8 Å². The van der Waals surface area contributed by atoms with Gasteiger partial charge in [0, 0.05) is 40.7 Å². The van der Waals surface area contributed by atoms with Crippen molar-refractivity contribution < 1.29 is 19.8 Å². The summed E-state index contributed by atoms with van der Waals surface area (Å²) in [7, 11) is 0. The smallest absolute Gasteiger partial charge is 0.335 e. The highest BCUT2D eigenvalue weighted by Crippen LogP contribution is 2.26. The number of pyridine rings is 1. The molecule has 0 fully saturated rings. The number of thiazole rings is 1. The van der Waals surface area contributed by atoms with Gasteiger partial charge in [-0.05, 0) is 48.5 Å². The van der Waals surface area contributed by atoms with E-state index in [-0.39, 0.29) is 11.1 Å². The van der Waals surface area contributed by atoms with Crippen LogP contribution in [0.25, 0.3) is 28.2 Å². The Morgan fingerprint density at radius 1 is 0.892 bits per heavy atom. The molecular weight excluding hydrogens is 492 g/mol. The Bertz CT molecular complexity index is 1590. The van der Waals surface area contributed by atoms with Crippen molar-refractivity contribution in [1.29, 1.82) is 0 Å². The molecule has 37 heavy (non-hydrogen) atoms. The number of carbonyl (C=O) groups is 2. The number of carboxylic acids is 2. The minimum absolute atomic E-state index is 0.165. The molecule has 0 unspecified atom stereocenters. The van der Waals surface area contributed by atoms with Crippen LogP contribution in [0.15, 0.2) is 89.7 Å². The van der Waals surface area contributed by atoms with E-state index in [4.69, 9.17) is 5.11 Å². The van der Waals surface area contributed by atoms with Gasteiger partial charge < -0.3 is 10.2 Å². The van der Waals surface area contributed by atoms with Gasteiger partial charge in [-0.1, -0.05) is 12.1 Å². The summed E-state index contributed by atoms with van der Waals surface area (Å²) >= 11 is 1.41. The maximum absolute atomic E-state index is 11.2. The highest BCUT2D eigenvalue weighted by Gasteiger charge is 2.13. The predicted octanol–water partition coefficient (Wildman–Crippen LogP) is 4.90. The molecule has 182 valence electrons. The second-order valence-electron chi connectivity index (χ2n) is 7.76. The maximum Gasteiger partial charge on any atom is 0.335 e. The van der Waals surface area contributed by atoms with Crippen LogP contribution in [0.4, 0.5) is 5.13 Å². The Labute approximate surface area is 214 Å². The Balaban J connectivity index is 1.44. The molecule has 0 spiro atoms. The van der Waals surface area contributed by atoms with Crippen LogP contribution in [0.5, 0.6) is 0 Å². The number of nitrogens with one attached hydrogen (secondary N) is 1. The van der Waals surface area contributed by atoms with E-state index in [0.717, 1.165) is 11.3 Å². The summed E-state index contributed by atoms with van der Waals surface area (Å²) < 4.78 is 1.61. The topological polar surface area (TPSA) is 143 Å². The largest absolute Gasteiger partial charge is 0.478 e. The molecule has 0 aliphatic heterocycles. The molecule has 3 aromatic heterocycles. The molecule has 2 aromatic carbocycles. The summed E-state index contributed by atoms with van der Waals surface area (Å²) in [6.45, 7) is 0. The first-order chi connectivity index (χ1) is 18.0. The summed E-state index contributed by atoms with van der Waals surface area (Å²) in [5.74, 6) is -2.03. The second kappa shape index (κ2) is 10.2. The van der Waals surface area contributed by atoms with Crippen LogP contribution >= 0.6 is 11.3 Å². The number of carboxylic acid groups (broad SMARTS) is 2. The lowest BCUT2D eigenvalue weighted by molar-refractivity contribution is 0.0686. The standard InChI is InChI=1S/C26H18N6O4S/c33-24(34)18-3-1-17(2-4-18)23-20(14-32(31-23)21-7-5-19(6-8-21)25(35)36)13-28-30-26-29-22(15-37-26)16-9-11-27-12-10-16/h1-15H,(H,29,30)(H,33,34)(H,35,36)/b28-13+. The van der Waals surface area contributed by atoms with Crippen LogP contribution in [0.3, 0.4) is 0 Å². The lowest BCUT2D eigenvalue weighted by Crippen LogP contribution is -1.99. The first-order valence-corrected chi connectivity index (χ1v) is 11.8. The van der Waals surface area contributed by atoms with E-state index in [0.29, 0.717) is 27.6 Å². The van der Waals surface area contributed by atoms with Crippen molar-refractivity contribution in [2.45, 2.75) is 0 Å². The summed E-state index contributed by atoms with van der Waals surface area (Å²) in [5, 5.41) is 29.9. The average molecular weight is 511 g/mol. The molecule has 0 saturated carbocycles. The van der Waals surface area contributed by atoms with Crippen LogP contribution in [0, 0.1) is 0 Å². The third kappa shape index (κ3) is 5.26. The molecule has 11 heteroatoms. The van der Waals surface area contributed by atoms with E-state index < -0.39 is 11.9 Å². The number of anilines is 1. The predicted molar refractivity (Wildman–Crippen MR) is 139 cm³/mol. The SMILES string of the molecule is O=C(O)c1ccc(-c2nn(-c3ccc(C(=O)O)cc3)cc2/C=N/Nc2nc(-c3ccncc3)cs2)cc1. The molecule has 3 N–H and O–H groups in total. The maximum atomic E-state index is 11.2. The Morgan fingerprint density at radius 3 is 2.19 bits per heavy atom. The van der Waals surface area contributed by atoms with E-state index in [9.17, 15) is 14.7 Å². The monoisotopic (exact) mass is 510 g/mol. The number of rotatable bonds is 8. The number of nitrogens with zero attached hydrogens (tertiary/aromatic N) is 5. The molecular formula is C26H18N6O4S. The van der Waals surface area contributed by atoms with Crippen molar-refractivity contribution in [3.8, 4) is 28.2 Å². The first kappa shape index (κ1) is 23.6. The van der Waals surface area contributed by atoms with Gasteiger partial charge in [0.2, 0.25) is 5.13 Å². The minimum atomic E-state index is -1.02. The van der Waals surface area contributed by atoms with Gasteiger partial charge in [-0.3, -0.25) is 10.4 Å². The van der Waals surface area contributed by atoms with E-state index in [2.05, 4.69) is 25.6 Å². The molecule has 0 saturated heterocycles. The van der Waals surface area contributed by atoms with Gasteiger partial charge in [0.15, 0.2) is 0 Å². The van der Waals surface area contributed by atoms with Gasteiger partial charge in [0.1, 0.15) is 5.69 Å². The van der Waals surface area contributed by atoms with Gasteiger partial charge in [-0.2, -0.15) is 10.2 Å². The first-order valence-electron chi connectivity index (χ1n) is 10.9. The lowest BCUT2D eigenvalue weighted by atomic mass is 10.1. The molecule has 10 nitrogen and oxygen atoms in total. The van der Waals surface area contributed by atoms with Gasteiger partial charge in [-0.25, -0.2) is 19.3 Å². The van der Waals surface area contributed by atoms with Crippen molar-refractivity contribution in [3.05, 3.63) is 101 Å². The third-order valence-electron chi connectivity index (χ3n) is 5.37. The fourth-order valence-corrected chi connectivity index (χ4v) is 4.17. The molecule has 0 bridgehead atoms. The highest BCUT2D eigenvalue weighted by molar-refractivity contribution is 7.14. The van der Waals surface area contributed by atoms with Crippen molar-refractivity contribution >= 4 is 34.6 Å². The van der Waals surface area contributed by atoms with Crippen molar-refractivity contribution in [2.75, 3.05) is 5.43 Å². The number of hydrazone groups is 1. The van der Waals surface area contributed by atoms with Crippen LogP contribution in [0.1, 0.15) is 26.3 Å². The molecule has 3 heterocycles. The van der Waals surface area contributed by atoms with Crippen LogP contribution in [-0.2, 0) is 0 Å². The minimum Gasteiger partial charge on any atom is -0.478 e. The molecule has 0 atom stereocenters. The quantitative estimate of drug-likeness (QED) is 0.198. The van der Waals surface area contributed by atoms with Crippen molar-refractivity contribution in [1.82, 2.24) is 19.7 Å². The van der Waals surface area contributed by atoms with Gasteiger partial charge >= 0.3 is 11.9 Å². The second-order valence-corrected chi connectivity index (χ2v) is 8.61. The van der Waals surface area contributed by atoms with Gasteiger partial charge in [0.05, 0.1) is 28.7 Å².